The zero-order valence-corrected chi connectivity index (χ0v) is 6.82. The van der Waals surface area contributed by atoms with Crippen LogP contribution in [0.15, 0.2) is 0 Å². The van der Waals surface area contributed by atoms with Crippen molar-refractivity contribution in [2.45, 2.75) is 40.5 Å². The summed E-state index contributed by atoms with van der Waals surface area (Å²) in [5.41, 5.74) is 0.311. The summed E-state index contributed by atoms with van der Waals surface area (Å²) in [6.45, 7) is 8.09. The number of hydrogen-bond acceptors (Lipinski definition) is 1. The van der Waals surface area contributed by atoms with Crippen LogP contribution in [-0.4, -0.2) is 5.78 Å². The summed E-state index contributed by atoms with van der Waals surface area (Å²) in [7, 11) is 0. The minimum absolute atomic E-state index is 0.296. The molecule has 0 aromatic heterocycles. The zero-order valence-electron chi connectivity index (χ0n) is 6.82. The molecule has 0 saturated carbocycles. The molecule has 0 bridgehead atoms. The molecule has 0 aliphatic rings. The lowest BCUT2D eigenvalue weighted by atomic mass is 9.90. The molecule has 0 N–H and O–H groups in total. The van der Waals surface area contributed by atoms with Crippen molar-refractivity contribution in [3.8, 4) is 0 Å². The predicted molar refractivity (Wildman–Crippen MR) is 39.4 cm³/mol. The fraction of sp³-hybridized carbons (Fsp3) is 0.875. The van der Waals surface area contributed by atoms with Crippen molar-refractivity contribution >= 4 is 5.78 Å². The summed E-state index contributed by atoms with van der Waals surface area (Å²) in [6, 6.07) is 0. The van der Waals surface area contributed by atoms with E-state index in [1.165, 1.54) is 0 Å². The highest BCUT2D eigenvalue weighted by molar-refractivity contribution is 5.75. The average molecular weight is 128 g/mol. The minimum Gasteiger partial charge on any atom is -0.300 e. The normalized spacial score (nSPS) is 11.6. The monoisotopic (exact) mass is 128 g/mol. The zero-order chi connectivity index (χ0) is 7.49. The number of carbonyl (C=O) groups is 1. The Morgan fingerprint density at radius 3 is 1.89 bits per heavy atom. The second-order valence-electron chi connectivity index (χ2n) is 3.76. The first-order valence-corrected chi connectivity index (χ1v) is 3.41. The molecule has 0 rings (SSSR count). The first kappa shape index (κ1) is 8.67. The van der Waals surface area contributed by atoms with E-state index in [9.17, 15) is 4.79 Å². The largest absolute Gasteiger partial charge is 0.300 e. The van der Waals surface area contributed by atoms with E-state index in [4.69, 9.17) is 0 Å². The van der Waals surface area contributed by atoms with Gasteiger partial charge in [0.05, 0.1) is 0 Å². The van der Waals surface area contributed by atoms with Crippen molar-refractivity contribution < 1.29 is 4.79 Å². The quantitative estimate of drug-likeness (QED) is 0.558. The number of rotatable bonds is 2. The molecule has 0 amide bonds. The van der Waals surface area contributed by atoms with Gasteiger partial charge in [-0.25, -0.2) is 0 Å². The summed E-state index contributed by atoms with van der Waals surface area (Å²) < 4.78 is 0. The molecule has 0 fully saturated rings. The van der Waals surface area contributed by atoms with Gasteiger partial charge in [-0.05, 0) is 18.8 Å². The van der Waals surface area contributed by atoms with Crippen LogP contribution >= 0.6 is 0 Å². The summed E-state index contributed by atoms with van der Waals surface area (Å²) >= 11 is 0. The molecule has 0 aliphatic carbocycles. The number of hydrogen-bond donors (Lipinski definition) is 0. The van der Waals surface area contributed by atoms with Crippen LogP contribution < -0.4 is 0 Å². The molecule has 0 aromatic carbocycles. The van der Waals surface area contributed by atoms with Gasteiger partial charge >= 0.3 is 0 Å². The van der Waals surface area contributed by atoms with E-state index in [1.807, 2.05) is 0 Å². The predicted octanol–water partition coefficient (Wildman–Crippen LogP) is 2.40. The van der Waals surface area contributed by atoms with Crippen molar-refractivity contribution in [1.29, 1.82) is 0 Å². The van der Waals surface area contributed by atoms with E-state index in [-0.39, 0.29) is 0 Å². The second-order valence-corrected chi connectivity index (χ2v) is 3.76. The van der Waals surface area contributed by atoms with Crippen molar-refractivity contribution in [3.63, 3.8) is 0 Å². The van der Waals surface area contributed by atoms with Gasteiger partial charge in [-0.1, -0.05) is 20.8 Å². The van der Waals surface area contributed by atoms with Crippen molar-refractivity contribution in [2.24, 2.45) is 5.41 Å². The lowest BCUT2D eigenvalue weighted by Gasteiger charge is -2.15. The minimum atomic E-state index is 0.296. The standard InChI is InChI=1S/C8H16O/c1-7(9)5-6-8(2,3)4/h5-6H2,1-4H3. The molecular formula is C8H16O. The molecule has 0 heterocycles. The van der Waals surface area contributed by atoms with Gasteiger partial charge < -0.3 is 4.79 Å². The SMILES string of the molecule is CC(=O)CCC(C)(C)C. The average Bonchev–Trinajstić information content (AvgIpc) is 1.59. The van der Waals surface area contributed by atoms with E-state index in [1.54, 1.807) is 6.92 Å². The molecule has 0 aromatic rings. The van der Waals surface area contributed by atoms with Gasteiger partial charge in [0.1, 0.15) is 5.78 Å². The first-order chi connectivity index (χ1) is 3.92. The van der Waals surface area contributed by atoms with Crippen LogP contribution in [0, 0.1) is 5.41 Å². The van der Waals surface area contributed by atoms with Gasteiger partial charge in [0, 0.05) is 6.42 Å². The molecular weight excluding hydrogens is 112 g/mol. The Kier molecular flexibility index (Phi) is 2.89. The van der Waals surface area contributed by atoms with Crippen LogP contribution in [0.25, 0.3) is 0 Å². The third kappa shape index (κ3) is 7.67. The van der Waals surface area contributed by atoms with Crippen LogP contribution in [-0.2, 0) is 4.79 Å². The van der Waals surface area contributed by atoms with Crippen LogP contribution in [0.3, 0.4) is 0 Å². The Balaban J connectivity index is 3.39. The Hall–Kier alpha value is -0.330. The topological polar surface area (TPSA) is 17.1 Å². The Labute approximate surface area is 57.5 Å². The highest BCUT2D eigenvalue weighted by Gasteiger charge is 2.09. The number of Topliss-reactive ketones (excluding diaryl/α,β-unsaturated/α-hetero) is 1. The van der Waals surface area contributed by atoms with Gasteiger partial charge in [0.25, 0.3) is 0 Å². The molecule has 0 saturated heterocycles. The molecule has 1 heteroatoms. The van der Waals surface area contributed by atoms with E-state index in [2.05, 4.69) is 20.8 Å². The van der Waals surface area contributed by atoms with Crippen LogP contribution in [0.5, 0.6) is 0 Å². The summed E-state index contributed by atoms with van der Waals surface area (Å²) in [5, 5.41) is 0. The smallest absolute Gasteiger partial charge is 0.129 e. The maximum Gasteiger partial charge on any atom is 0.129 e. The lowest BCUT2D eigenvalue weighted by Crippen LogP contribution is -2.06. The highest BCUT2D eigenvalue weighted by Crippen LogP contribution is 2.20. The summed E-state index contributed by atoms with van der Waals surface area (Å²) in [5.74, 6) is 0.296. The Bertz CT molecular complexity index is 97.6. The molecule has 0 aliphatic heterocycles. The lowest BCUT2D eigenvalue weighted by molar-refractivity contribution is -0.117. The maximum absolute atomic E-state index is 10.5. The third-order valence-corrected chi connectivity index (χ3v) is 1.23. The van der Waals surface area contributed by atoms with Crippen LogP contribution in [0.4, 0.5) is 0 Å². The molecule has 0 radical (unpaired) electrons. The van der Waals surface area contributed by atoms with Crippen LogP contribution in [0.2, 0.25) is 0 Å². The van der Waals surface area contributed by atoms with Crippen molar-refractivity contribution in [2.75, 3.05) is 0 Å². The maximum atomic E-state index is 10.5. The molecule has 9 heavy (non-hydrogen) atoms. The molecule has 54 valence electrons. The molecule has 0 unspecified atom stereocenters. The van der Waals surface area contributed by atoms with E-state index in [0.29, 0.717) is 11.2 Å². The van der Waals surface area contributed by atoms with E-state index >= 15 is 0 Å². The van der Waals surface area contributed by atoms with Gasteiger partial charge in [0.15, 0.2) is 0 Å². The van der Waals surface area contributed by atoms with Gasteiger partial charge in [-0.2, -0.15) is 0 Å². The summed E-state index contributed by atoms with van der Waals surface area (Å²) in [6.07, 6.45) is 1.73. The van der Waals surface area contributed by atoms with Crippen molar-refractivity contribution in [3.05, 3.63) is 0 Å². The highest BCUT2D eigenvalue weighted by atomic mass is 16.1. The van der Waals surface area contributed by atoms with Gasteiger partial charge in [-0.3, -0.25) is 0 Å². The van der Waals surface area contributed by atoms with Crippen LogP contribution in [0.1, 0.15) is 40.5 Å². The number of carbonyl (C=O) groups excluding carboxylic acids is 1. The summed E-state index contributed by atoms with van der Waals surface area (Å²) in [4.78, 5) is 10.5. The second kappa shape index (κ2) is 3.00. The van der Waals surface area contributed by atoms with Crippen molar-refractivity contribution in [1.82, 2.24) is 0 Å². The Morgan fingerprint density at radius 2 is 1.78 bits per heavy atom. The molecule has 1 nitrogen and oxygen atoms in total. The molecule has 0 atom stereocenters. The van der Waals surface area contributed by atoms with Gasteiger partial charge in [0.2, 0.25) is 0 Å². The van der Waals surface area contributed by atoms with E-state index < -0.39 is 0 Å². The number of ketones is 1. The Morgan fingerprint density at radius 1 is 1.33 bits per heavy atom. The fourth-order valence-corrected chi connectivity index (χ4v) is 0.551. The van der Waals surface area contributed by atoms with E-state index in [0.717, 1.165) is 12.8 Å². The first-order valence-electron chi connectivity index (χ1n) is 3.41. The molecule has 0 spiro atoms. The van der Waals surface area contributed by atoms with Gasteiger partial charge in [-0.15, -0.1) is 0 Å². The third-order valence-electron chi connectivity index (χ3n) is 1.23. The fourth-order valence-electron chi connectivity index (χ4n) is 0.551.